The van der Waals surface area contributed by atoms with Gasteiger partial charge in [-0.15, -0.1) is 11.3 Å². The number of hydrogen-bond donors (Lipinski definition) is 2. The molecule has 0 aliphatic carbocycles. The Bertz CT molecular complexity index is 1230. The minimum absolute atomic E-state index is 0.00745. The van der Waals surface area contributed by atoms with E-state index in [1.165, 1.54) is 11.3 Å². The molecule has 0 fully saturated rings. The first-order valence-corrected chi connectivity index (χ1v) is 11.2. The number of nitrogens with zero attached hydrogens (tertiary/aromatic N) is 1. The van der Waals surface area contributed by atoms with Crippen LogP contribution in [0.5, 0.6) is 5.75 Å². The Hall–Kier alpha value is -2.91. The van der Waals surface area contributed by atoms with Crippen LogP contribution in [0.2, 0.25) is 0 Å². The van der Waals surface area contributed by atoms with Crippen molar-refractivity contribution in [3.63, 3.8) is 0 Å². The smallest absolute Gasteiger partial charge is 0.263 e. The average Bonchev–Trinajstić information content (AvgIpc) is 3.02. The molecule has 1 amide bonds. The van der Waals surface area contributed by atoms with E-state index in [2.05, 4.69) is 15.0 Å². The number of thiazole rings is 1. The number of carbonyl (C=O) groups excluding carboxylic acids is 1. The van der Waals surface area contributed by atoms with Crippen LogP contribution in [0.25, 0.3) is 11.3 Å². The van der Waals surface area contributed by atoms with Gasteiger partial charge in [0, 0.05) is 10.4 Å². The van der Waals surface area contributed by atoms with E-state index in [1.807, 2.05) is 26.8 Å². The summed E-state index contributed by atoms with van der Waals surface area (Å²) in [6.07, 6.45) is 0. The summed E-state index contributed by atoms with van der Waals surface area (Å²) in [5.74, 6) is 0.378. The van der Waals surface area contributed by atoms with Crippen molar-refractivity contribution in [1.29, 1.82) is 0 Å². The molecule has 0 saturated carbocycles. The topological polar surface area (TPSA) is 97.4 Å². The summed E-state index contributed by atoms with van der Waals surface area (Å²) in [6, 6.07) is 10.4. The molecule has 7 nitrogen and oxygen atoms in total. The number of anilines is 2. The summed E-state index contributed by atoms with van der Waals surface area (Å²) in [5, 5.41) is 3.05. The van der Waals surface area contributed by atoms with Crippen molar-refractivity contribution < 1.29 is 17.9 Å². The van der Waals surface area contributed by atoms with Gasteiger partial charge < -0.3 is 10.1 Å². The minimum atomic E-state index is -3.74. The first-order chi connectivity index (χ1) is 13.7. The standard InChI is InChI=1S/C20H19N3O4S2/c1-11-4-6-15(8-12(11)2)29(25,26)23-20-22-19(13(3)28-20)14-5-7-17-16(9-14)21-18(24)10-27-17/h4-9H,10H2,1-3H3,(H,21,24)(H,22,23). The third-order valence-electron chi connectivity index (χ3n) is 4.69. The highest BCUT2D eigenvalue weighted by atomic mass is 32.2. The molecule has 0 saturated heterocycles. The van der Waals surface area contributed by atoms with Crippen LogP contribution < -0.4 is 14.8 Å². The predicted molar refractivity (Wildman–Crippen MR) is 113 cm³/mol. The van der Waals surface area contributed by atoms with Crippen molar-refractivity contribution in [3.05, 3.63) is 52.4 Å². The maximum Gasteiger partial charge on any atom is 0.263 e. The van der Waals surface area contributed by atoms with Gasteiger partial charge in [0.05, 0.1) is 16.3 Å². The number of amides is 1. The fraction of sp³-hybridized carbons (Fsp3) is 0.200. The monoisotopic (exact) mass is 429 g/mol. The van der Waals surface area contributed by atoms with Crippen LogP contribution in [0, 0.1) is 20.8 Å². The highest BCUT2D eigenvalue weighted by Gasteiger charge is 2.21. The molecular formula is C20H19N3O4S2. The van der Waals surface area contributed by atoms with Crippen molar-refractivity contribution in [3.8, 4) is 17.0 Å². The number of carbonyl (C=O) groups is 1. The van der Waals surface area contributed by atoms with Gasteiger partial charge in [-0.3, -0.25) is 9.52 Å². The lowest BCUT2D eigenvalue weighted by atomic mass is 10.1. The normalized spacial score (nSPS) is 13.4. The lowest BCUT2D eigenvalue weighted by Crippen LogP contribution is -2.25. The quantitative estimate of drug-likeness (QED) is 0.656. The van der Waals surface area contributed by atoms with Gasteiger partial charge in [-0.1, -0.05) is 6.07 Å². The molecule has 29 heavy (non-hydrogen) atoms. The summed E-state index contributed by atoms with van der Waals surface area (Å²) in [6.45, 7) is 5.67. The first kappa shape index (κ1) is 19.4. The fourth-order valence-corrected chi connectivity index (χ4v) is 5.15. The average molecular weight is 430 g/mol. The minimum Gasteiger partial charge on any atom is -0.482 e. The van der Waals surface area contributed by atoms with E-state index in [0.717, 1.165) is 21.6 Å². The molecule has 150 valence electrons. The molecule has 1 aromatic heterocycles. The summed E-state index contributed by atoms with van der Waals surface area (Å²) in [5.41, 5.74) is 3.92. The third-order valence-corrected chi connectivity index (χ3v) is 7.04. The zero-order valence-electron chi connectivity index (χ0n) is 16.1. The number of sulfonamides is 1. The molecule has 0 atom stereocenters. The number of fused-ring (bicyclic) bond motifs is 1. The van der Waals surface area contributed by atoms with Crippen LogP contribution in [0.1, 0.15) is 16.0 Å². The predicted octanol–water partition coefficient (Wildman–Crippen LogP) is 3.87. The number of hydrogen-bond acceptors (Lipinski definition) is 6. The van der Waals surface area contributed by atoms with Crippen LogP contribution in [0.15, 0.2) is 41.3 Å². The Balaban J connectivity index is 1.64. The molecule has 0 spiro atoms. The highest BCUT2D eigenvalue weighted by Crippen LogP contribution is 2.36. The van der Waals surface area contributed by atoms with Crippen LogP contribution in [-0.4, -0.2) is 25.9 Å². The van der Waals surface area contributed by atoms with E-state index in [0.29, 0.717) is 17.1 Å². The van der Waals surface area contributed by atoms with Crippen molar-refractivity contribution in [2.45, 2.75) is 25.7 Å². The summed E-state index contributed by atoms with van der Waals surface area (Å²) in [7, 11) is -3.74. The van der Waals surface area contributed by atoms with Crippen LogP contribution in [0.4, 0.5) is 10.8 Å². The van der Waals surface area contributed by atoms with Crippen molar-refractivity contribution in [1.82, 2.24) is 4.98 Å². The molecule has 0 bridgehead atoms. The number of benzene rings is 2. The highest BCUT2D eigenvalue weighted by molar-refractivity contribution is 7.93. The lowest BCUT2D eigenvalue weighted by Gasteiger charge is -2.18. The van der Waals surface area contributed by atoms with Gasteiger partial charge in [0.2, 0.25) is 0 Å². The van der Waals surface area contributed by atoms with Gasteiger partial charge in [0.25, 0.3) is 15.9 Å². The van der Waals surface area contributed by atoms with Gasteiger partial charge in [-0.2, -0.15) is 0 Å². The van der Waals surface area contributed by atoms with Gasteiger partial charge >= 0.3 is 0 Å². The van der Waals surface area contributed by atoms with Crippen LogP contribution >= 0.6 is 11.3 Å². The summed E-state index contributed by atoms with van der Waals surface area (Å²) >= 11 is 1.26. The number of aromatic nitrogens is 1. The van der Waals surface area contributed by atoms with Gasteiger partial charge in [0.15, 0.2) is 11.7 Å². The second-order valence-electron chi connectivity index (χ2n) is 6.82. The zero-order chi connectivity index (χ0) is 20.8. The molecule has 0 radical (unpaired) electrons. The number of ether oxygens (including phenoxy) is 1. The Morgan fingerprint density at radius 3 is 2.66 bits per heavy atom. The molecule has 1 aliphatic rings. The zero-order valence-corrected chi connectivity index (χ0v) is 17.7. The SMILES string of the molecule is Cc1ccc(S(=O)(=O)Nc2nc(-c3ccc4c(c3)NC(=O)CO4)c(C)s2)cc1C. The molecule has 2 aromatic carbocycles. The molecule has 0 unspecified atom stereocenters. The van der Waals surface area contributed by atoms with E-state index in [-0.39, 0.29) is 22.5 Å². The largest absolute Gasteiger partial charge is 0.482 e. The van der Waals surface area contributed by atoms with E-state index in [9.17, 15) is 13.2 Å². The molecule has 2 N–H and O–H groups in total. The first-order valence-electron chi connectivity index (χ1n) is 8.87. The van der Waals surface area contributed by atoms with Crippen molar-refractivity contribution in [2.75, 3.05) is 16.6 Å². The Kier molecular flexibility index (Phi) is 4.79. The molecule has 2 heterocycles. The maximum absolute atomic E-state index is 12.7. The van der Waals surface area contributed by atoms with E-state index in [1.54, 1.807) is 30.3 Å². The molecular weight excluding hydrogens is 410 g/mol. The Labute approximate surface area is 172 Å². The number of nitrogens with one attached hydrogen (secondary N) is 2. The van der Waals surface area contributed by atoms with Crippen molar-refractivity contribution in [2.24, 2.45) is 0 Å². The van der Waals surface area contributed by atoms with E-state index < -0.39 is 10.0 Å². The molecule has 3 aromatic rings. The maximum atomic E-state index is 12.7. The van der Waals surface area contributed by atoms with Crippen molar-refractivity contribution >= 4 is 38.1 Å². The van der Waals surface area contributed by atoms with Gasteiger partial charge in [-0.25, -0.2) is 13.4 Å². The fourth-order valence-electron chi connectivity index (χ4n) is 2.99. The lowest BCUT2D eigenvalue weighted by molar-refractivity contribution is -0.118. The molecule has 9 heteroatoms. The van der Waals surface area contributed by atoms with E-state index in [4.69, 9.17) is 4.74 Å². The van der Waals surface area contributed by atoms with Gasteiger partial charge in [0.1, 0.15) is 5.75 Å². The number of rotatable bonds is 4. The van der Waals surface area contributed by atoms with Gasteiger partial charge in [-0.05, 0) is 62.2 Å². The second kappa shape index (κ2) is 7.16. The second-order valence-corrected chi connectivity index (χ2v) is 9.71. The summed E-state index contributed by atoms with van der Waals surface area (Å²) in [4.78, 5) is 17.1. The van der Waals surface area contributed by atoms with E-state index >= 15 is 0 Å². The van der Waals surface area contributed by atoms with Crippen LogP contribution in [-0.2, 0) is 14.8 Å². The third kappa shape index (κ3) is 3.83. The van der Waals surface area contributed by atoms with Crippen LogP contribution in [0.3, 0.4) is 0 Å². The Morgan fingerprint density at radius 1 is 1.10 bits per heavy atom. The molecule has 1 aliphatic heterocycles. The number of aryl methyl sites for hydroxylation is 3. The Morgan fingerprint density at radius 2 is 1.90 bits per heavy atom. The summed E-state index contributed by atoms with van der Waals surface area (Å²) < 4.78 is 33.4. The molecule has 4 rings (SSSR count).